The van der Waals surface area contributed by atoms with Crippen molar-refractivity contribution >= 4 is 35.8 Å². The Morgan fingerprint density at radius 1 is 1.26 bits per heavy atom. The number of hydrogen-bond acceptors (Lipinski definition) is 3. The molecular formula is C12H21IN4O2. The minimum absolute atomic E-state index is 0. The second kappa shape index (κ2) is 10.7. The molecule has 1 rings (SSSR count). The number of hydrogen-bond donors (Lipinski definition) is 3. The van der Waals surface area contributed by atoms with Crippen LogP contribution in [-0.2, 0) is 0 Å². The Kier molecular flexibility index (Phi) is 9.95. The van der Waals surface area contributed by atoms with E-state index in [0.29, 0.717) is 18.8 Å². The van der Waals surface area contributed by atoms with E-state index in [0.717, 1.165) is 18.9 Å². The molecule has 0 spiro atoms. The number of nitrogens with zero attached hydrogens (tertiary/aromatic N) is 1. The normalized spacial score (nSPS) is 10.5. The third-order valence-corrected chi connectivity index (χ3v) is 2.21. The van der Waals surface area contributed by atoms with Gasteiger partial charge in [-0.1, -0.05) is 6.92 Å². The summed E-state index contributed by atoms with van der Waals surface area (Å²) in [7, 11) is 1.71. The number of carbonyl (C=O) groups is 1. The first kappa shape index (κ1) is 17.8. The number of aliphatic imine (C=N–C) groups is 1. The van der Waals surface area contributed by atoms with Gasteiger partial charge in [-0.2, -0.15) is 0 Å². The molecule has 0 atom stereocenters. The van der Waals surface area contributed by atoms with Gasteiger partial charge in [-0.15, -0.1) is 24.0 Å². The molecular weight excluding hydrogens is 359 g/mol. The Labute approximate surface area is 130 Å². The number of halogens is 1. The van der Waals surface area contributed by atoms with Gasteiger partial charge in [-0.05, 0) is 18.6 Å². The van der Waals surface area contributed by atoms with Gasteiger partial charge in [0.05, 0.1) is 6.26 Å². The minimum Gasteiger partial charge on any atom is -0.459 e. The molecule has 0 aliphatic carbocycles. The lowest BCUT2D eigenvalue weighted by Crippen LogP contribution is -2.41. The Bertz CT molecular complexity index is 379. The van der Waals surface area contributed by atoms with Crippen LogP contribution in [-0.4, -0.2) is 38.5 Å². The topological polar surface area (TPSA) is 78.7 Å². The molecule has 108 valence electrons. The predicted octanol–water partition coefficient (Wildman–Crippen LogP) is 1.20. The van der Waals surface area contributed by atoms with Gasteiger partial charge in [-0.25, -0.2) is 0 Å². The van der Waals surface area contributed by atoms with Gasteiger partial charge in [0, 0.05) is 26.7 Å². The minimum atomic E-state index is -0.210. The van der Waals surface area contributed by atoms with Crippen LogP contribution in [0.5, 0.6) is 0 Å². The van der Waals surface area contributed by atoms with Crippen LogP contribution in [0.2, 0.25) is 0 Å². The van der Waals surface area contributed by atoms with E-state index in [1.807, 2.05) is 0 Å². The summed E-state index contributed by atoms with van der Waals surface area (Å²) in [6.07, 6.45) is 2.51. The largest absolute Gasteiger partial charge is 0.459 e. The van der Waals surface area contributed by atoms with Crippen molar-refractivity contribution in [2.45, 2.75) is 13.3 Å². The van der Waals surface area contributed by atoms with E-state index in [9.17, 15) is 4.79 Å². The summed E-state index contributed by atoms with van der Waals surface area (Å²) in [5, 5.41) is 8.98. The van der Waals surface area contributed by atoms with E-state index in [-0.39, 0.29) is 29.9 Å². The van der Waals surface area contributed by atoms with Crippen molar-refractivity contribution in [3.63, 3.8) is 0 Å². The van der Waals surface area contributed by atoms with E-state index >= 15 is 0 Å². The first-order valence-corrected chi connectivity index (χ1v) is 6.04. The molecule has 0 bridgehead atoms. The van der Waals surface area contributed by atoms with Crippen molar-refractivity contribution in [3.8, 4) is 0 Å². The van der Waals surface area contributed by atoms with Gasteiger partial charge in [0.2, 0.25) is 0 Å². The summed E-state index contributed by atoms with van der Waals surface area (Å²) in [5.41, 5.74) is 0. The zero-order chi connectivity index (χ0) is 13.2. The van der Waals surface area contributed by atoms with Crippen LogP contribution in [0.1, 0.15) is 23.9 Å². The summed E-state index contributed by atoms with van der Waals surface area (Å²) >= 11 is 0. The maximum absolute atomic E-state index is 11.5. The molecule has 0 aliphatic heterocycles. The van der Waals surface area contributed by atoms with Gasteiger partial charge in [0.1, 0.15) is 0 Å². The summed E-state index contributed by atoms with van der Waals surface area (Å²) in [5.74, 6) is 0.853. The fraction of sp³-hybridized carbons (Fsp3) is 0.500. The van der Waals surface area contributed by atoms with E-state index in [2.05, 4.69) is 27.9 Å². The van der Waals surface area contributed by atoms with Gasteiger partial charge >= 0.3 is 0 Å². The lowest BCUT2D eigenvalue weighted by atomic mass is 10.4. The lowest BCUT2D eigenvalue weighted by Gasteiger charge is -2.11. The summed E-state index contributed by atoms with van der Waals surface area (Å²) in [6.45, 7) is 4.07. The Morgan fingerprint density at radius 2 is 1.95 bits per heavy atom. The van der Waals surface area contributed by atoms with Crippen molar-refractivity contribution in [3.05, 3.63) is 24.2 Å². The van der Waals surface area contributed by atoms with Crippen LogP contribution in [0.25, 0.3) is 0 Å². The Hall–Kier alpha value is -1.25. The molecule has 0 aromatic carbocycles. The third-order valence-electron chi connectivity index (χ3n) is 2.21. The first-order chi connectivity index (χ1) is 8.77. The molecule has 0 aliphatic rings. The summed E-state index contributed by atoms with van der Waals surface area (Å²) < 4.78 is 4.98. The Balaban J connectivity index is 0.00000324. The number of carbonyl (C=O) groups excluding carboxylic acids is 1. The van der Waals surface area contributed by atoms with E-state index in [4.69, 9.17) is 4.42 Å². The molecule has 0 radical (unpaired) electrons. The molecule has 0 saturated heterocycles. The van der Waals surface area contributed by atoms with E-state index < -0.39 is 0 Å². The highest BCUT2D eigenvalue weighted by Crippen LogP contribution is 1.98. The summed E-state index contributed by atoms with van der Waals surface area (Å²) in [4.78, 5) is 15.6. The summed E-state index contributed by atoms with van der Waals surface area (Å²) in [6, 6.07) is 3.31. The molecule has 1 aromatic heterocycles. The van der Waals surface area contributed by atoms with Crippen LogP contribution >= 0.6 is 24.0 Å². The quantitative estimate of drug-likeness (QED) is 0.300. The predicted molar refractivity (Wildman–Crippen MR) is 86.1 cm³/mol. The fourth-order valence-corrected chi connectivity index (χ4v) is 1.32. The third kappa shape index (κ3) is 7.04. The molecule has 6 nitrogen and oxygen atoms in total. The van der Waals surface area contributed by atoms with Crippen molar-refractivity contribution in [1.82, 2.24) is 16.0 Å². The number of rotatable bonds is 6. The van der Waals surface area contributed by atoms with Crippen LogP contribution in [0.4, 0.5) is 0 Å². The van der Waals surface area contributed by atoms with Crippen LogP contribution in [0, 0.1) is 0 Å². The first-order valence-electron chi connectivity index (χ1n) is 6.04. The van der Waals surface area contributed by atoms with E-state index in [1.54, 1.807) is 19.2 Å². The fourth-order valence-electron chi connectivity index (χ4n) is 1.32. The van der Waals surface area contributed by atoms with Crippen LogP contribution in [0.15, 0.2) is 27.8 Å². The highest BCUT2D eigenvalue weighted by Gasteiger charge is 2.06. The molecule has 1 aromatic rings. The lowest BCUT2D eigenvalue weighted by molar-refractivity contribution is 0.0926. The second-order valence-electron chi connectivity index (χ2n) is 3.66. The van der Waals surface area contributed by atoms with Crippen molar-refractivity contribution in [1.29, 1.82) is 0 Å². The molecule has 0 unspecified atom stereocenters. The molecule has 19 heavy (non-hydrogen) atoms. The zero-order valence-corrected chi connectivity index (χ0v) is 13.6. The molecule has 0 saturated carbocycles. The van der Waals surface area contributed by atoms with Crippen LogP contribution in [0.3, 0.4) is 0 Å². The van der Waals surface area contributed by atoms with Gasteiger partial charge in [-0.3, -0.25) is 9.79 Å². The van der Waals surface area contributed by atoms with Gasteiger partial charge < -0.3 is 20.4 Å². The average Bonchev–Trinajstić information content (AvgIpc) is 2.91. The van der Waals surface area contributed by atoms with Crippen molar-refractivity contribution < 1.29 is 9.21 Å². The molecule has 0 fully saturated rings. The van der Waals surface area contributed by atoms with Crippen molar-refractivity contribution in [2.24, 2.45) is 4.99 Å². The standard InChI is InChI=1S/C12H20N4O2.HI/c1-3-6-15-12(13-2)16-8-7-14-11(17)10-5-4-9-18-10;/h4-5,9H,3,6-8H2,1-2H3,(H,14,17)(H2,13,15,16);1H. The number of nitrogens with one attached hydrogen (secondary N) is 3. The molecule has 1 amide bonds. The van der Waals surface area contributed by atoms with Gasteiger partial charge in [0.25, 0.3) is 5.91 Å². The van der Waals surface area contributed by atoms with Crippen LogP contribution < -0.4 is 16.0 Å². The highest BCUT2D eigenvalue weighted by molar-refractivity contribution is 14.0. The molecule has 7 heteroatoms. The highest BCUT2D eigenvalue weighted by atomic mass is 127. The maximum Gasteiger partial charge on any atom is 0.287 e. The zero-order valence-electron chi connectivity index (χ0n) is 11.2. The molecule has 1 heterocycles. The van der Waals surface area contributed by atoms with Crippen molar-refractivity contribution in [2.75, 3.05) is 26.7 Å². The molecule has 3 N–H and O–H groups in total. The number of furan rings is 1. The monoisotopic (exact) mass is 380 g/mol. The maximum atomic E-state index is 11.5. The number of guanidine groups is 1. The van der Waals surface area contributed by atoms with Gasteiger partial charge in [0.15, 0.2) is 11.7 Å². The average molecular weight is 380 g/mol. The second-order valence-corrected chi connectivity index (χ2v) is 3.66. The van der Waals surface area contributed by atoms with E-state index in [1.165, 1.54) is 6.26 Å². The number of amides is 1. The SMILES string of the molecule is CCCNC(=NC)NCCNC(=O)c1ccco1.I. The smallest absolute Gasteiger partial charge is 0.287 e. The Morgan fingerprint density at radius 3 is 2.53 bits per heavy atom.